The number of nitrogens with one attached hydrogen (secondary N) is 1. The average Bonchev–Trinajstić information content (AvgIpc) is 2.80. The minimum atomic E-state index is 0.0262. The van der Waals surface area contributed by atoms with Crippen molar-refractivity contribution in [3.8, 4) is 0 Å². The summed E-state index contributed by atoms with van der Waals surface area (Å²) in [6.07, 6.45) is 6.83. The summed E-state index contributed by atoms with van der Waals surface area (Å²) in [5.74, 6) is 0.0262. The van der Waals surface area contributed by atoms with Crippen LogP contribution in [-0.4, -0.2) is 35.9 Å². The second-order valence-corrected chi connectivity index (χ2v) is 4.13. The molecule has 1 amide bonds. The van der Waals surface area contributed by atoms with Gasteiger partial charge in [-0.25, -0.2) is 0 Å². The third-order valence-electron chi connectivity index (χ3n) is 2.55. The highest BCUT2D eigenvalue weighted by Gasteiger charge is 2.04. The first kappa shape index (κ1) is 14.7. The lowest BCUT2D eigenvalue weighted by Crippen LogP contribution is -2.11. The first-order chi connectivity index (χ1) is 8.76. The lowest BCUT2D eigenvalue weighted by Gasteiger charge is -2.02. The normalized spacial score (nSPS) is 10.6. The van der Waals surface area contributed by atoms with Gasteiger partial charge < -0.3 is 15.8 Å². The zero-order valence-electron chi connectivity index (χ0n) is 10.9. The summed E-state index contributed by atoms with van der Waals surface area (Å²) in [7, 11) is 1.65. The van der Waals surface area contributed by atoms with Crippen molar-refractivity contribution in [1.82, 2.24) is 9.78 Å². The fourth-order valence-electron chi connectivity index (χ4n) is 1.57. The van der Waals surface area contributed by atoms with Crippen molar-refractivity contribution in [1.29, 1.82) is 0 Å². The molecule has 3 N–H and O–H groups in total. The summed E-state index contributed by atoms with van der Waals surface area (Å²) in [6.45, 7) is 1.98. The third kappa shape index (κ3) is 5.79. The van der Waals surface area contributed by atoms with E-state index in [1.165, 1.54) is 0 Å². The molecule has 0 unspecified atom stereocenters. The molecule has 0 saturated heterocycles. The topological polar surface area (TPSA) is 82.2 Å². The van der Waals surface area contributed by atoms with Crippen LogP contribution in [0.15, 0.2) is 12.4 Å². The molecular formula is C12H22N4O2. The second-order valence-electron chi connectivity index (χ2n) is 4.13. The maximum Gasteiger partial charge on any atom is 0.224 e. The number of methoxy groups -OCH3 is 1. The van der Waals surface area contributed by atoms with Crippen LogP contribution in [0.3, 0.4) is 0 Å². The average molecular weight is 254 g/mol. The maximum atomic E-state index is 11.6. The molecule has 102 valence electrons. The van der Waals surface area contributed by atoms with Crippen LogP contribution in [-0.2, 0) is 16.1 Å². The summed E-state index contributed by atoms with van der Waals surface area (Å²) < 4.78 is 6.70. The number of amides is 1. The van der Waals surface area contributed by atoms with Gasteiger partial charge in [-0.3, -0.25) is 9.48 Å². The molecule has 1 heterocycles. The van der Waals surface area contributed by atoms with Gasteiger partial charge in [-0.05, 0) is 19.4 Å². The number of nitrogens with two attached hydrogens (primary N) is 1. The zero-order chi connectivity index (χ0) is 13.2. The molecule has 6 heteroatoms. The van der Waals surface area contributed by atoms with Crippen molar-refractivity contribution in [2.24, 2.45) is 5.73 Å². The van der Waals surface area contributed by atoms with E-state index >= 15 is 0 Å². The van der Waals surface area contributed by atoms with Gasteiger partial charge in [0, 0.05) is 19.7 Å². The van der Waals surface area contributed by atoms with Crippen molar-refractivity contribution < 1.29 is 9.53 Å². The lowest BCUT2D eigenvalue weighted by molar-refractivity contribution is -0.116. The van der Waals surface area contributed by atoms with Crippen LogP contribution in [0.2, 0.25) is 0 Å². The van der Waals surface area contributed by atoms with Crippen LogP contribution in [0, 0.1) is 0 Å². The number of hydrogen-bond donors (Lipinski definition) is 2. The number of carbonyl (C=O) groups excluding carboxylic acids is 1. The van der Waals surface area contributed by atoms with Gasteiger partial charge in [-0.2, -0.15) is 5.10 Å². The first-order valence-electron chi connectivity index (χ1n) is 6.27. The van der Waals surface area contributed by atoms with Gasteiger partial charge in [-0.1, -0.05) is 6.42 Å². The van der Waals surface area contributed by atoms with E-state index in [4.69, 9.17) is 10.5 Å². The Morgan fingerprint density at radius 2 is 2.33 bits per heavy atom. The van der Waals surface area contributed by atoms with Crippen LogP contribution in [0.25, 0.3) is 0 Å². The Bertz CT molecular complexity index is 352. The zero-order valence-corrected chi connectivity index (χ0v) is 10.9. The second kappa shape index (κ2) is 8.66. The number of carbonyl (C=O) groups is 1. The number of anilines is 1. The smallest absolute Gasteiger partial charge is 0.224 e. The van der Waals surface area contributed by atoms with Gasteiger partial charge in [0.25, 0.3) is 0 Å². The minimum absolute atomic E-state index is 0.0262. The molecule has 1 rings (SSSR count). The lowest BCUT2D eigenvalue weighted by atomic mass is 10.2. The number of unbranched alkanes of at least 4 members (excludes halogenated alkanes) is 2. The SMILES string of the molecule is COCCn1cc(NC(=O)CCCCCN)cn1. The molecule has 0 atom stereocenters. The van der Waals surface area contributed by atoms with E-state index in [9.17, 15) is 4.79 Å². The molecule has 18 heavy (non-hydrogen) atoms. The molecule has 1 aromatic rings. The Kier molecular flexibility index (Phi) is 7.05. The van der Waals surface area contributed by atoms with Gasteiger partial charge in [0.1, 0.15) is 0 Å². The molecule has 0 saturated carbocycles. The van der Waals surface area contributed by atoms with Gasteiger partial charge in [-0.15, -0.1) is 0 Å². The molecule has 0 aliphatic rings. The molecule has 0 spiro atoms. The number of hydrogen-bond acceptors (Lipinski definition) is 4. The number of aromatic nitrogens is 2. The Labute approximate surface area is 107 Å². The van der Waals surface area contributed by atoms with Crippen molar-refractivity contribution in [3.05, 3.63) is 12.4 Å². The molecule has 0 bridgehead atoms. The number of nitrogens with zero attached hydrogens (tertiary/aromatic N) is 2. The Morgan fingerprint density at radius 3 is 3.06 bits per heavy atom. The highest BCUT2D eigenvalue weighted by molar-refractivity contribution is 5.90. The molecule has 0 fully saturated rings. The van der Waals surface area contributed by atoms with E-state index in [1.807, 2.05) is 0 Å². The predicted molar refractivity (Wildman–Crippen MR) is 70.3 cm³/mol. The van der Waals surface area contributed by atoms with Crippen molar-refractivity contribution in [2.75, 3.05) is 25.6 Å². The van der Waals surface area contributed by atoms with Crippen molar-refractivity contribution in [3.63, 3.8) is 0 Å². The van der Waals surface area contributed by atoms with E-state index in [-0.39, 0.29) is 5.91 Å². The number of rotatable bonds is 9. The van der Waals surface area contributed by atoms with Gasteiger partial charge in [0.2, 0.25) is 5.91 Å². The molecule has 0 aliphatic heterocycles. The van der Waals surface area contributed by atoms with E-state index < -0.39 is 0 Å². The van der Waals surface area contributed by atoms with E-state index in [2.05, 4.69) is 10.4 Å². The maximum absolute atomic E-state index is 11.6. The largest absolute Gasteiger partial charge is 0.383 e. The summed E-state index contributed by atoms with van der Waals surface area (Å²) in [6, 6.07) is 0. The molecular weight excluding hydrogens is 232 g/mol. The highest BCUT2D eigenvalue weighted by atomic mass is 16.5. The first-order valence-corrected chi connectivity index (χ1v) is 6.27. The summed E-state index contributed by atoms with van der Waals surface area (Å²) >= 11 is 0. The molecule has 0 aromatic carbocycles. The third-order valence-corrected chi connectivity index (χ3v) is 2.55. The predicted octanol–water partition coefficient (Wildman–Crippen LogP) is 0.987. The van der Waals surface area contributed by atoms with Gasteiger partial charge in [0.05, 0.1) is 25.0 Å². The monoisotopic (exact) mass is 254 g/mol. The van der Waals surface area contributed by atoms with Crippen LogP contribution in [0.4, 0.5) is 5.69 Å². The molecule has 0 radical (unpaired) electrons. The van der Waals surface area contributed by atoms with E-state index in [0.717, 1.165) is 24.9 Å². The summed E-state index contributed by atoms with van der Waals surface area (Å²) in [4.78, 5) is 11.6. The van der Waals surface area contributed by atoms with Gasteiger partial charge >= 0.3 is 0 Å². The van der Waals surface area contributed by atoms with Crippen LogP contribution in [0.1, 0.15) is 25.7 Å². The molecule has 6 nitrogen and oxygen atoms in total. The number of ether oxygens (including phenoxy) is 1. The molecule has 1 aromatic heterocycles. The van der Waals surface area contributed by atoms with Crippen molar-refractivity contribution >= 4 is 11.6 Å². The van der Waals surface area contributed by atoms with Crippen LogP contribution >= 0.6 is 0 Å². The highest BCUT2D eigenvalue weighted by Crippen LogP contribution is 2.07. The fraction of sp³-hybridized carbons (Fsp3) is 0.667. The quantitative estimate of drug-likeness (QED) is 0.644. The fourth-order valence-corrected chi connectivity index (χ4v) is 1.57. The standard InChI is InChI=1S/C12H22N4O2/c1-18-8-7-16-10-11(9-14-16)15-12(17)5-3-2-4-6-13/h9-10H,2-8,13H2,1H3,(H,15,17). The van der Waals surface area contributed by atoms with Gasteiger partial charge in [0.15, 0.2) is 0 Å². The van der Waals surface area contributed by atoms with Crippen LogP contribution < -0.4 is 11.1 Å². The van der Waals surface area contributed by atoms with Crippen molar-refractivity contribution in [2.45, 2.75) is 32.2 Å². The molecule has 0 aliphatic carbocycles. The Hall–Kier alpha value is -1.40. The van der Waals surface area contributed by atoms with E-state index in [1.54, 1.807) is 24.2 Å². The summed E-state index contributed by atoms with van der Waals surface area (Å²) in [5.41, 5.74) is 6.12. The summed E-state index contributed by atoms with van der Waals surface area (Å²) in [5, 5.41) is 6.94. The Balaban J connectivity index is 2.24. The minimum Gasteiger partial charge on any atom is -0.383 e. The van der Waals surface area contributed by atoms with E-state index in [0.29, 0.717) is 26.1 Å². The Morgan fingerprint density at radius 1 is 1.50 bits per heavy atom. The van der Waals surface area contributed by atoms with Crippen LogP contribution in [0.5, 0.6) is 0 Å².